The number of amides is 1. The SMILES string of the molecule is O=C(Nc1cc(-c2ccncc2)[nH]n1)c1ccn(C2CCCC2)n1. The summed E-state index contributed by atoms with van der Waals surface area (Å²) in [6.45, 7) is 0. The van der Waals surface area contributed by atoms with Gasteiger partial charge in [-0.2, -0.15) is 10.2 Å². The molecular formula is C17H18N6O. The van der Waals surface area contributed by atoms with Crippen molar-refractivity contribution in [2.75, 3.05) is 5.32 Å². The molecule has 4 rings (SSSR count). The second kappa shape index (κ2) is 6.27. The molecule has 0 spiro atoms. The third kappa shape index (κ3) is 2.92. The lowest BCUT2D eigenvalue weighted by molar-refractivity contribution is 0.102. The molecule has 3 heterocycles. The molecule has 3 aromatic heterocycles. The van der Waals surface area contributed by atoms with E-state index in [1.807, 2.05) is 23.0 Å². The second-order valence-electron chi connectivity index (χ2n) is 5.98. The maximum absolute atomic E-state index is 12.3. The monoisotopic (exact) mass is 322 g/mol. The molecule has 24 heavy (non-hydrogen) atoms. The Hall–Kier alpha value is -2.96. The Balaban J connectivity index is 1.45. The fraction of sp³-hybridized carbons (Fsp3) is 0.294. The van der Waals surface area contributed by atoms with E-state index in [0.717, 1.165) is 24.1 Å². The lowest BCUT2D eigenvalue weighted by atomic mass is 10.2. The highest BCUT2D eigenvalue weighted by atomic mass is 16.2. The first-order chi connectivity index (χ1) is 11.8. The summed E-state index contributed by atoms with van der Waals surface area (Å²) in [5.74, 6) is 0.224. The van der Waals surface area contributed by atoms with Crippen molar-refractivity contribution in [3.8, 4) is 11.3 Å². The molecule has 0 bridgehead atoms. The highest BCUT2D eigenvalue weighted by Gasteiger charge is 2.19. The molecule has 0 unspecified atom stereocenters. The third-order valence-corrected chi connectivity index (χ3v) is 4.35. The van der Waals surface area contributed by atoms with Crippen molar-refractivity contribution in [1.29, 1.82) is 0 Å². The Labute approximate surface area is 139 Å². The highest BCUT2D eigenvalue weighted by molar-refractivity contribution is 6.02. The molecule has 7 heteroatoms. The smallest absolute Gasteiger partial charge is 0.277 e. The zero-order valence-corrected chi connectivity index (χ0v) is 13.1. The number of carbonyl (C=O) groups excluding carboxylic acids is 1. The Morgan fingerprint density at radius 2 is 2.00 bits per heavy atom. The Kier molecular flexibility index (Phi) is 3.82. The summed E-state index contributed by atoms with van der Waals surface area (Å²) < 4.78 is 1.91. The number of aromatic nitrogens is 5. The van der Waals surface area contributed by atoms with Gasteiger partial charge in [-0.1, -0.05) is 12.8 Å². The minimum absolute atomic E-state index is 0.250. The standard InChI is InChI=1S/C17H18N6O/c24-17(14-7-10-23(22-14)13-3-1-2-4-13)19-16-11-15(20-21-16)12-5-8-18-9-6-12/h5-11,13H,1-4H2,(H2,19,20,21,24). The second-order valence-corrected chi connectivity index (χ2v) is 5.98. The number of hydrogen-bond donors (Lipinski definition) is 2. The van der Waals surface area contributed by atoms with Crippen LogP contribution in [0, 0.1) is 0 Å². The number of aromatic amines is 1. The van der Waals surface area contributed by atoms with Gasteiger partial charge in [0.15, 0.2) is 11.5 Å². The molecule has 0 saturated heterocycles. The van der Waals surface area contributed by atoms with Crippen molar-refractivity contribution in [1.82, 2.24) is 25.0 Å². The van der Waals surface area contributed by atoms with Crippen LogP contribution in [0.3, 0.4) is 0 Å². The minimum Gasteiger partial charge on any atom is -0.304 e. The molecule has 122 valence electrons. The number of carbonyl (C=O) groups is 1. The molecule has 0 aromatic carbocycles. The quantitative estimate of drug-likeness (QED) is 0.772. The fourth-order valence-corrected chi connectivity index (χ4v) is 3.08. The van der Waals surface area contributed by atoms with E-state index in [1.165, 1.54) is 12.8 Å². The van der Waals surface area contributed by atoms with Crippen molar-refractivity contribution in [3.63, 3.8) is 0 Å². The van der Waals surface area contributed by atoms with Crippen molar-refractivity contribution in [3.05, 3.63) is 48.5 Å². The molecule has 3 aromatic rings. The highest BCUT2D eigenvalue weighted by Crippen LogP contribution is 2.28. The van der Waals surface area contributed by atoms with E-state index in [9.17, 15) is 4.79 Å². The predicted molar refractivity (Wildman–Crippen MR) is 89.5 cm³/mol. The lowest BCUT2D eigenvalue weighted by Crippen LogP contribution is -2.14. The summed E-state index contributed by atoms with van der Waals surface area (Å²) in [6, 6.07) is 7.73. The molecule has 0 radical (unpaired) electrons. The van der Waals surface area contributed by atoms with Gasteiger partial charge < -0.3 is 5.32 Å². The van der Waals surface area contributed by atoms with E-state index < -0.39 is 0 Å². The van der Waals surface area contributed by atoms with Crippen LogP contribution >= 0.6 is 0 Å². The van der Waals surface area contributed by atoms with Gasteiger partial charge in [-0.05, 0) is 31.0 Å². The van der Waals surface area contributed by atoms with E-state index in [1.54, 1.807) is 24.5 Å². The lowest BCUT2D eigenvalue weighted by Gasteiger charge is -2.08. The Morgan fingerprint density at radius 1 is 1.21 bits per heavy atom. The predicted octanol–water partition coefficient (Wildman–Crippen LogP) is 3.04. The molecule has 1 aliphatic carbocycles. The summed E-state index contributed by atoms with van der Waals surface area (Å²) in [4.78, 5) is 16.3. The number of nitrogens with zero attached hydrogens (tertiary/aromatic N) is 4. The molecule has 2 N–H and O–H groups in total. The van der Waals surface area contributed by atoms with E-state index in [-0.39, 0.29) is 5.91 Å². The molecule has 1 fully saturated rings. The first-order valence-corrected chi connectivity index (χ1v) is 8.12. The Morgan fingerprint density at radius 3 is 2.79 bits per heavy atom. The largest absolute Gasteiger partial charge is 0.304 e. The van der Waals surface area contributed by atoms with Gasteiger partial charge >= 0.3 is 0 Å². The molecule has 1 amide bonds. The van der Waals surface area contributed by atoms with Gasteiger partial charge in [-0.15, -0.1) is 0 Å². The molecule has 0 aliphatic heterocycles. The molecule has 1 saturated carbocycles. The van der Waals surface area contributed by atoms with Crippen LogP contribution in [0.25, 0.3) is 11.3 Å². The number of hydrogen-bond acceptors (Lipinski definition) is 4. The Bertz CT molecular complexity index is 832. The van der Waals surface area contributed by atoms with Crippen molar-refractivity contribution in [2.24, 2.45) is 0 Å². The van der Waals surface area contributed by atoms with Gasteiger partial charge in [-0.3, -0.25) is 19.6 Å². The average Bonchev–Trinajstić information content (AvgIpc) is 3.36. The van der Waals surface area contributed by atoms with E-state index >= 15 is 0 Å². The topological polar surface area (TPSA) is 88.5 Å². The summed E-state index contributed by atoms with van der Waals surface area (Å²) in [5, 5.41) is 14.2. The third-order valence-electron chi connectivity index (χ3n) is 4.35. The van der Waals surface area contributed by atoms with E-state index in [0.29, 0.717) is 17.6 Å². The average molecular weight is 322 g/mol. The van der Waals surface area contributed by atoms with Crippen molar-refractivity contribution < 1.29 is 4.79 Å². The van der Waals surface area contributed by atoms with Gasteiger partial charge in [0.2, 0.25) is 0 Å². The van der Waals surface area contributed by atoms with Gasteiger partial charge in [-0.25, -0.2) is 0 Å². The molecule has 7 nitrogen and oxygen atoms in total. The summed E-state index contributed by atoms with van der Waals surface area (Å²) in [5.41, 5.74) is 2.20. The number of pyridine rings is 1. The maximum Gasteiger partial charge on any atom is 0.277 e. The van der Waals surface area contributed by atoms with Crippen LogP contribution in [0.15, 0.2) is 42.9 Å². The zero-order valence-electron chi connectivity index (χ0n) is 13.1. The summed E-state index contributed by atoms with van der Waals surface area (Å²) in [7, 11) is 0. The zero-order chi connectivity index (χ0) is 16.4. The minimum atomic E-state index is -0.250. The van der Waals surface area contributed by atoms with Crippen LogP contribution in [0.4, 0.5) is 5.82 Å². The van der Waals surface area contributed by atoms with E-state index in [4.69, 9.17) is 0 Å². The summed E-state index contributed by atoms with van der Waals surface area (Å²) >= 11 is 0. The molecular weight excluding hydrogens is 304 g/mol. The van der Waals surface area contributed by atoms with Gasteiger partial charge in [0.25, 0.3) is 5.91 Å². The number of nitrogens with one attached hydrogen (secondary N) is 2. The maximum atomic E-state index is 12.3. The van der Waals surface area contributed by atoms with Crippen LogP contribution in [-0.2, 0) is 0 Å². The first-order valence-electron chi connectivity index (χ1n) is 8.12. The van der Waals surface area contributed by atoms with E-state index in [2.05, 4.69) is 25.6 Å². The van der Waals surface area contributed by atoms with Crippen molar-refractivity contribution in [2.45, 2.75) is 31.7 Å². The van der Waals surface area contributed by atoms with Crippen LogP contribution < -0.4 is 5.32 Å². The normalized spacial score (nSPS) is 14.8. The molecule has 1 aliphatic rings. The van der Waals surface area contributed by atoms with Crippen LogP contribution in [0.2, 0.25) is 0 Å². The number of rotatable bonds is 4. The van der Waals surface area contributed by atoms with Gasteiger partial charge in [0, 0.05) is 30.2 Å². The van der Waals surface area contributed by atoms with Crippen LogP contribution in [-0.4, -0.2) is 30.9 Å². The van der Waals surface area contributed by atoms with Crippen LogP contribution in [0.5, 0.6) is 0 Å². The molecule has 0 atom stereocenters. The van der Waals surface area contributed by atoms with Gasteiger partial charge in [0.1, 0.15) is 0 Å². The number of H-pyrrole nitrogens is 1. The van der Waals surface area contributed by atoms with Crippen molar-refractivity contribution >= 4 is 11.7 Å². The van der Waals surface area contributed by atoms with Crippen LogP contribution in [0.1, 0.15) is 42.2 Å². The van der Waals surface area contributed by atoms with Gasteiger partial charge in [0.05, 0.1) is 11.7 Å². The number of anilines is 1. The first kappa shape index (κ1) is 14.6. The summed E-state index contributed by atoms with van der Waals surface area (Å²) in [6.07, 6.45) is 10.1. The fourth-order valence-electron chi connectivity index (χ4n) is 3.08.